The Bertz CT molecular complexity index is 584. The molecular formula is C16H14OS. The van der Waals surface area contributed by atoms with Crippen LogP contribution >= 0.6 is 11.8 Å². The highest BCUT2D eigenvalue weighted by atomic mass is 32.2. The SMILES string of the molecule is COc1ccc(C2=CCSc3ccccc32)cc1. The Morgan fingerprint density at radius 3 is 2.56 bits per heavy atom. The van der Waals surface area contributed by atoms with Gasteiger partial charge in [-0.25, -0.2) is 0 Å². The molecule has 2 aromatic rings. The average Bonchev–Trinajstić information content (AvgIpc) is 2.47. The number of hydrogen-bond donors (Lipinski definition) is 0. The molecule has 18 heavy (non-hydrogen) atoms. The van der Waals surface area contributed by atoms with Gasteiger partial charge in [-0.3, -0.25) is 0 Å². The van der Waals surface area contributed by atoms with Gasteiger partial charge in [0.15, 0.2) is 0 Å². The van der Waals surface area contributed by atoms with E-state index in [1.54, 1.807) is 7.11 Å². The van der Waals surface area contributed by atoms with Gasteiger partial charge < -0.3 is 4.74 Å². The molecule has 1 aliphatic rings. The first-order chi connectivity index (χ1) is 8.88. The predicted octanol–water partition coefficient (Wildman–Crippen LogP) is 4.23. The van der Waals surface area contributed by atoms with Crippen LogP contribution < -0.4 is 4.74 Å². The minimum absolute atomic E-state index is 0.901. The van der Waals surface area contributed by atoms with E-state index in [2.05, 4.69) is 42.5 Å². The molecule has 0 radical (unpaired) electrons. The number of hydrogen-bond acceptors (Lipinski definition) is 2. The van der Waals surface area contributed by atoms with Crippen molar-refractivity contribution in [3.05, 3.63) is 65.7 Å². The summed E-state index contributed by atoms with van der Waals surface area (Å²) in [7, 11) is 1.70. The largest absolute Gasteiger partial charge is 0.497 e. The normalized spacial score (nSPS) is 13.7. The minimum Gasteiger partial charge on any atom is -0.497 e. The average molecular weight is 254 g/mol. The summed E-state index contributed by atoms with van der Waals surface area (Å²) in [6.07, 6.45) is 2.30. The van der Waals surface area contributed by atoms with E-state index >= 15 is 0 Å². The number of ether oxygens (including phenoxy) is 1. The number of benzene rings is 2. The molecule has 2 aromatic carbocycles. The van der Waals surface area contributed by atoms with Crippen LogP contribution in [0.1, 0.15) is 11.1 Å². The van der Waals surface area contributed by atoms with Gasteiger partial charge in [-0.2, -0.15) is 0 Å². The molecule has 1 heterocycles. The first-order valence-electron chi connectivity index (χ1n) is 5.95. The Kier molecular flexibility index (Phi) is 3.11. The van der Waals surface area contributed by atoms with Crippen LogP contribution in [0.4, 0.5) is 0 Å². The van der Waals surface area contributed by atoms with Crippen LogP contribution in [0.15, 0.2) is 59.5 Å². The predicted molar refractivity (Wildman–Crippen MR) is 77.2 cm³/mol. The maximum Gasteiger partial charge on any atom is 0.118 e. The molecule has 90 valence electrons. The fraction of sp³-hybridized carbons (Fsp3) is 0.125. The standard InChI is InChI=1S/C16H14OS/c1-17-13-8-6-12(7-9-13)14-10-11-18-16-5-3-2-4-15(14)16/h2-10H,11H2,1H3. The number of methoxy groups -OCH3 is 1. The van der Waals surface area contributed by atoms with E-state index in [0.717, 1.165) is 11.5 Å². The monoisotopic (exact) mass is 254 g/mol. The van der Waals surface area contributed by atoms with Gasteiger partial charge >= 0.3 is 0 Å². The molecule has 0 amide bonds. The van der Waals surface area contributed by atoms with Gasteiger partial charge in [0, 0.05) is 10.6 Å². The first kappa shape index (κ1) is 11.4. The van der Waals surface area contributed by atoms with E-state index in [4.69, 9.17) is 4.74 Å². The molecule has 1 nitrogen and oxygen atoms in total. The highest BCUT2D eigenvalue weighted by Gasteiger charge is 2.13. The van der Waals surface area contributed by atoms with Gasteiger partial charge in [-0.15, -0.1) is 11.8 Å². The van der Waals surface area contributed by atoms with Crippen LogP contribution in [0.5, 0.6) is 5.75 Å². The number of fused-ring (bicyclic) bond motifs is 1. The molecule has 2 heteroatoms. The van der Waals surface area contributed by atoms with Crippen molar-refractivity contribution in [3.8, 4) is 5.75 Å². The van der Waals surface area contributed by atoms with Gasteiger partial charge in [0.2, 0.25) is 0 Å². The molecule has 0 bridgehead atoms. The van der Waals surface area contributed by atoms with Gasteiger partial charge in [0.1, 0.15) is 5.75 Å². The summed E-state index contributed by atoms with van der Waals surface area (Å²) in [5.74, 6) is 1.94. The highest BCUT2D eigenvalue weighted by molar-refractivity contribution is 7.99. The van der Waals surface area contributed by atoms with Gasteiger partial charge in [-0.1, -0.05) is 36.4 Å². The number of thioether (sulfide) groups is 1. The molecule has 0 saturated heterocycles. The summed E-state index contributed by atoms with van der Waals surface area (Å²) in [6, 6.07) is 16.9. The Hall–Kier alpha value is -1.67. The van der Waals surface area contributed by atoms with Crippen LogP contribution in [-0.4, -0.2) is 12.9 Å². The first-order valence-corrected chi connectivity index (χ1v) is 6.94. The van der Waals surface area contributed by atoms with Crippen LogP contribution in [-0.2, 0) is 0 Å². The molecule has 0 aliphatic carbocycles. The highest BCUT2D eigenvalue weighted by Crippen LogP contribution is 2.36. The zero-order valence-corrected chi connectivity index (χ0v) is 11.0. The second-order valence-electron chi connectivity index (χ2n) is 4.15. The molecule has 0 spiro atoms. The summed E-state index contributed by atoms with van der Waals surface area (Å²) in [4.78, 5) is 1.37. The van der Waals surface area contributed by atoms with Crippen molar-refractivity contribution < 1.29 is 4.74 Å². The summed E-state index contributed by atoms with van der Waals surface area (Å²) < 4.78 is 5.20. The fourth-order valence-corrected chi connectivity index (χ4v) is 3.12. The van der Waals surface area contributed by atoms with Crippen molar-refractivity contribution in [2.75, 3.05) is 12.9 Å². The maximum absolute atomic E-state index is 5.20. The van der Waals surface area contributed by atoms with Crippen molar-refractivity contribution in [1.29, 1.82) is 0 Å². The Balaban J connectivity index is 2.03. The molecule has 3 rings (SSSR count). The van der Waals surface area contributed by atoms with Crippen molar-refractivity contribution in [2.45, 2.75) is 4.90 Å². The van der Waals surface area contributed by atoms with Crippen molar-refractivity contribution in [3.63, 3.8) is 0 Å². The van der Waals surface area contributed by atoms with Gasteiger partial charge in [0.25, 0.3) is 0 Å². The second-order valence-corrected chi connectivity index (χ2v) is 5.22. The van der Waals surface area contributed by atoms with Crippen LogP contribution in [0.3, 0.4) is 0 Å². The Labute approximate surface area is 111 Å². The number of rotatable bonds is 2. The van der Waals surface area contributed by atoms with Crippen LogP contribution in [0, 0.1) is 0 Å². The lowest BCUT2D eigenvalue weighted by molar-refractivity contribution is 0.415. The zero-order chi connectivity index (χ0) is 12.4. The molecule has 0 unspecified atom stereocenters. The molecule has 0 aromatic heterocycles. The molecule has 0 fully saturated rings. The zero-order valence-electron chi connectivity index (χ0n) is 10.2. The molecule has 1 aliphatic heterocycles. The van der Waals surface area contributed by atoms with Crippen molar-refractivity contribution in [1.82, 2.24) is 0 Å². The van der Waals surface area contributed by atoms with E-state index in [1.807, 2.05) is 23.9 Å². The van der Waals surface area contributed by atoms with E-state index in [1.165, 1.54) is 21.6 Å². The van der Waals surface area contributed by atoms with E-state index < -0.39 is 0 Å². The minimum atomic E-state index is 0.901. The fourth-order valence-electron chi connectivity index (χ4n) is 2.18. The van der Waals surface area contributed by atoms with Crippen LogP contribution in [0.25, 0.3) is 5.57 Å². The van der Waals surface area contributed by atoms with Gasteiger partial charge in [-0.05, 0) is 34.9 Å². The Morgan fingerprint density at radius 2 is 1.78 bits per heavy atom. The Morgan fingerprint density at radius 1 is 1.00 bits per heavy atom. The summed E-state index contributed by atoms with van der Waals surface area (Å²) >= 11 is 1.89. The third-order valence-corrected chi connectivity index (χ3v) is 4.10. The van der Waals surface area contributed by atoms with Crippen LogP contribution in [0.2, 0.25) is 0 Å². The molecular weight excluding hydrogens is 240 g/mol. The lowest BCUT2D eigenvalue weighted by atomic mass is 9.97. The topological polar surface area (TPSA) is 9.23 Å². The van der Waals surface area contributed by atoms with E-state index in [9.17, 15) is 0 Å². The van der Waals surface area contributed by atoms with Crippen molar-refractivity contribution >= 4 is 17.3 Å². The lowest BCUT2D eigenvalue weighted by Gasteiger charge is -2.17. The second kappa shape index (κ2) is 4.91. The molecule has 0 saturated carbocycles. The summed E-state index contributed by atoms with van der Waals surface area (Å²) in [5, 5.41) is 0. The quantitative estimate of drug-likeness (QED) is 0.793. The molecule has 0 atom stereocenters. The summed E-state index contributed by atoms with van der Waals surface area (Å²) in [6.45, 7) is 0. The smallest absolute Gasteiger partial charge is 0.118 e. The van der Waals surface area contributed by atoms with E-state index in [0.29, 0.717) is 0 Å². The third-order valence-electron chi connectivity index (χ3n) is 3.10. The maximum atomic E-state index is 5.20. The lowest BCUT2D eigenvalue weighted by Crippen LogP contribution is -1.96. The third kappa shape index (κ3) is 2.04. The molecule has 0 N–H and O–H groups in total. The van der Waals surface area contributed by atoms with E-state index in [-0.39, 0.29) is 0 Å². The summed E-state index contributed by atoms with van der Waals surface area (Å²) in [5.41, 5.74) is 3.91. The van der Waals surface area contributed by atoms with Gasteiger partial charge in [0.05, 0.1) is 7.11 Å². The van der Waals surface area contributed by atoms with Crippen molar-refractivity contribution in [2.24, 2.45) is 0 Å².